The minimum Gasteiger partial charge on any atom is -0.390 e. The summed E-state index contributed by atoms with van der Waals surface area (Å²) in [7, 11) is 0. The van der Waals surface area contributed by atoms with Gasteiger partial charge in [0, 0.05) is 29.4 Å². The fraction of sp³-hybridized carbons (Fsp3) is 0.435. The van der Waals surface area contributed by atoms with Crippen LogP contribution in [0.5, 0.6) is 0 Å². The third-order valence-corrected chi connectivity index (χ3v) is 7.85. The van der Waals surface area contributed by atoms with Gasteiger partial charge in [-0.05, 0) is 43.2 Å². The molecule has 2 fully saturated rings. The van der Waals surface area contributed by atoms with E-state index in [9.17, 15) is 28.2 Å². The Morgan fingerprint density at radius 2 is 1.79 bits per heavy atom. The van der Waals surface area contributed by atoms with E-state index in [-0.39, 0.29) is 12.6 Å². The second-order valence-corrected chi connectivity index (χ2v) is 10.1. The van der Waals surface area contributed by atoms with Crippen LogP contribution in [0.1, 0.15) is 18.4 Å². The van der Waals surface area contributed by atoms with Crippen LogP contribution >= 0.6 is 11.8 Å². The van der Waals surface area contributed by atoms with E-state index >= 15 is 0 Å². The minimum atomic E-state index is -4.46. The molecule has 3 heterocycles. The highest BCUT2D eigenvalue weighted by Crippen LogP contribution is 2.49. The summed E-state index contributed by atoms with van der Waals surface area (Å²) in [5, 5.41) is 26.4. The van der Waals surface area contributed by atoms with Crippen molar-refractivity contribution < 1.29 is 28.2 Å². The smallest absolute Gasteiger partial charge is 0.390 e. The van der Waals surface area contributed by atoms with Gasteiger partial charge in [0.1, 0.15) is 0 Å². The molecule has 11 heteroatoms. The quantitative estimate of drug-likeness (QED) is 0.523. The maximum atomic E-state index is 13.4. The Morgan fingerprint density at radius 3 is 2.47 bits per heavy atom. The zero-order valence-electron chi connectivity index (χ0n) is 18.2. The van der Waals surface area contributed by atoms with Crippen LogP contribution in [0.15, 0.2) is 52.3 Å². The third-order valence-electron chi connectivity index (χ3n) is 6.72. The number of anilines is 2. The predicted octanol–water partition coefficient (Wildman–Crippen LogP) is 3.13. The molecule has 4 N–H and O–H groups in total. The zero-order chi connectivity index (χ0) is 24.1. The standard InChI is InChI=1S/C23H25F3N4O3S/c24-23(25,26)14-5-6-19-17(11-14)30(16-3-1-2-4-18(16)34-19)13-15(31)12-29-9-7-22(8-10-29)20(32)27-21(33)28-22/h1-6,11,15,20,31-32H,7-10,12-13H2,(H2,27,28,33). The molecule has 7 nitrogen and oxygen atoms in total. The number of rotatable bonds is 4. The number of para-hydroxylation sites is 1. The van der Waals surface area contributed by atoms with Gasteiger partial charge in [-0.3, -0.25) is 0 Å². The highest BCUT2D eigenvalue weighted by atomic mass is 32.2. The Bertz CT molecular complexity index is 1090. The average molecular weight is 495 g/mol. The van der Waals surface area contributed by atoms with Crippen LogP contribution in [0.25, 0.3) is 0 Å². The lowest BCUT2D eigenvalue weighted by Crippen LogP contribution is -2.57. The van der Waals surface area contributed by atoms with E-state index in [1.165, 1.54) is 17.8 Å². The molecule has 0 radical (unpaired) electrons. The Kier molecular flexibility index (Phi) is 5.91. The number of urea groups is 1. The molecule has 5 rings (SSSR count). The normalized spacial score (nSPS) is 22.7. The van der Waals surface area contributed by atoms with Crippen LogP contribution in [-0.4, -0.2) is 65.2 Å². The van der Waals surface area contributed by atoms with Crippen molar-refractivity contribution in [3.63, 3.8) is 0 Å². The van der Waals surface area contributed by atoms with Crippen molar-refractivity contribution in [1.82, 2.24) is 15.5 Å². The minimum absolute atomic E-state index is 0.133. The molecule has 2 aromatic carbocycles. The molecule has 2 saturated heterocycles. The van der Waals surface area contributed by atoms with E-state index in [4.69, 9.17) is 0 Å². The number of carbonyl (C=O) groups excluding carboxylic acids is 1. The Balaban J connectivity index is 1.32. The van der Waals surface area contributed by atoms with Crippen molar-refractivity contribution in [2.45, 2.75) is 46.7 Å². The fourth-order valence-electron chi connectivity index (χ4n) is 4.89. The van der Waals surface area contributed by atoms with Gasteiger partial charge in [-0.25, -0.2) is 4.79 Å². The third kappa shape index (κ3) is 4.33. The van der Waals surface area contributed by atoms with Crippen molar-refractivity contribution in [1.29, 1.82) is 0 Å². The first-order valence-corrected chi connectivity index (χ1v) is 11.9. The highest BCUT2D eigenvalue weighted by molar-refractivity contribution is 7.99. The number of fused-ring (bicyclic) bond motifs is 2. The zero-order valence-corrected chi connectivity index (χ0v) is 19.0. The molecule has 2 unspecified atom stereocenters. The summed E-state index contributed by atoms with van der Waals surface area (Å²) >= 11 is 1.41. The molecule has 2 amide bonds. The van der Waals surface area contributed by atoms with Gasteiger partial charge in [-0.2, -0.15) is 13.2 Å². The molecular weight excluding hydrogens is 469 g/mol. The summed E-state index contributed by atoms with van der Waals surface area (Å²) < 4.78 is 40.2. The van der Waals surface area contributed by atoms with E-state index in [1.807, 2.05) is 29.2 Å². The predicted molar refractivity (Wildman–Crippen MR) is 121 cm³/mol. The van der Waals surface area contributed by atoms with E-state index in [2.05, 4.69) is 10.6 Å². The number of alkyl halides is 3. The number of hydrogen-bond acceptors (Lipinski definition) is 6. The van der Waals surface area contributed by atoms with Crippen LogP contribution in [0.3, 0.4) is 0 Å². The molecule has 2 atom stereocenters. The number of halogens is 3. The number of hydrogen-bond donors (Lipinski definition) is 4. The van der Waals surface area contributed by atoms with E-state index in [0.29, 0.717) is 43.1 Å². The number of aliphatic hydroxyl groups is 2. The number of likely N-dealkylation sites (tertiary alicyclic amines) is 1. The fourth-order valence-corrected chi connectivity index (χ4v) is 5.97. The number of β-amino-alcohol motifs (C(OH)–C–C–N with tert-alkyl or cyclic N) is 1. The van der Waals surface area contributed by atoms with Crippen LogP contribution in [0.4, 0.5) is 29.3 Å². The lowest BCUT2D eigenvalue weighted by Gasteiger charge is -2.41. The Labute approximate surface area is 198 Å². The number of aliphatic hydroxyl groups excluding tert-OH is 2. The van der Waals surface area contributed by atoms with Crippen LogP contribution in [-0.2, 0) is 6.18 Å². The van der Waals surface area contributed by atoms with Gasteiger partial charge < -0.3 is 30.6 Å². The van der Waals surface area contributed by atoms with Crippen LogP contribution in [0.2, 0.25) is 0 Å². The molecule has 3 aliphatic heterocycles. The summed E-state index contributed by atoms with van der Waals surface area (Å²) in [5.74, 6) is 0. The van der Waals surface area contributed by atoms with Gasteiger partial charge >= 0.3 is 12.2 Å². The molecule has 182 valence electrons. The van der Waals surface area contributed by atoms with Crippen molar-refractivity contribution in [2.24, 2.45) is 0 Å². The average Bonchev–Trinajstić information content (AvgIpc) is 3.06. The van der Waals surface area contributed by atoms with Gasteiger partial charge in [0.15, 0.2) is 6.23 Å². The van der Waals surface area contributed by atoms with E-state index < -0.39 is 29.6 Å². The lowest BCUT2D eigenvalue weighted by molar-refractivity contribution is -0.137. The van der Waals surface area contributed by atoms with Gasteiger partial charge in [0.2, 0.25) is 0 Å². The molecule has 0 aromatic heterocycles. The summed E-state index contributed by atoms with van der Waals surface area (Å²) in [5.41, 5.74) is -0.233. The van der Waals surface area contributed by atoms with Crippen molar-refractivity contribution in [3.8, 4) is 0 Å². The number of benzene rings is 2. The molecule has 0 saturated carbocycles. The van der Waals surface area contributed by atoms with Crippen molar-refractivity contribution in [3.05, 3.63) is 48.0 Å². The molecule has 3 aliphatic rings. The van der Waals surface area contributed by atoms with Gasteiger partial charge in [-0.15, -0.1) is 0 Å². The molecule has 0 bridgehead atoms. The van der Waals surface area contributed by atoms with Crippen molar-refractivity contribution in [2.75, 3.05) is 31.1 Å². The second-order valence-electron chi connectivity index (χ2n) is 8.97. The van der Waals surface area contributed by atoms with E-state index in [1.54, 1.807) is 4.90 Å². The first-order chi connectivity index (χ1) is 16.1. The topological polar surface area (TPSA) is 88.1 Å². The number of piperidine rings is 1. The van der Waals surface area contributed by atoms with Crippen LogP contribution in [0, 0.1) is 0 Å². The first-order valence-electron chi connectivity index (χ1n) is 11.1. The number of amides is 2. The SMILES string of the molecule is O=C1NC(O)C2(CCN(CC(O)CN3c4ccccc4Sc4ccc(C(F)(F)F)cc43)CC2)N1. The summed E-state index contributed by atoms with van der Waals surface area (Å²) in [4.78, 5) is 17.0. The molecular formula is C23H25F3N4O3S. The van der Waals surface area contributed by atoms with E-state index in [0.717, 1.165) is 22.7 Å². The molecule has 0 aliphatic carbocycles. The summed E-state index contributed by atoms with van der Waals surface area (Å²) in [6.45, 7) is 1.59. The Hall–Kier alpha value is -2.47. The van der Waals surface area contributed by atoms with Gasteiger partial charge in [0.25, 0.3) is 0 Å². The monoisotopic (exact) mass is 494 g/mol. The second kappa shape index (κ2) is 8.63. The molecule has 2 aromatic rings. The van der Waals surface area contributed by atoms with Crippen molar-refractivity contribution >= 4 is 29.2 Å². The van der Waals surface area contributed by atoms with Gasteiger partial charge in [0.05, 0.1) is 35.1 Å². The highest BCUT2D eigenvalue weighted by Gasteiger charge is 2.47. The molecule has 1 spiro atoms. The lowest BCUT2D eigenvalue weighted by atomic mass is 9.87. The number of nitrogens with one attached hydrogen (secondary N) is 2. The maximum absolute atomic E-state index is 13.4. The molecule has 34 heavy (non-hydrogen) atoms. The maximum Gasteiger partial charge on any atom is 0.416 e. The Morgan fingerprint density at radius 1 is 1.09 bits per heavy atom. The van der Waals surface area contributed by atoms with Gasteiger partial charge in [-0.1, -0.05) is 23.9 Å². The summed E-state index contributed by atoms with van der Waals surface area (Å²) in [6, 6.07) is 10.8. The summed E-state index contributed by atoms with van der Waals surface area (Å²) in [6.07, 6.45) is -5.18. The number of carbonyl (C=O) groups is 1. The first kappa shape index (κ1) is 23.3. The number of nitrogens with zero attached hydrogens (tertiary/aromatic N) is 2. The van der Waals surface area contributed by atoms with Crippen LogP contribution < -0.4 is 15.5 Å². The largest absolute Gasteiger partial charge is 0.416 e.